The molecule has 1 N–H and O–H groups in total. The van der Waals surface area contributed by atoms with Crippen LogP contribution in [0.5, 0.6) is 5.75 Å². The zero-order valence-electron chi connectivity index (χ0n) is 14.9. The topological polar surface area (TPSA) is 45.6 Å². The Morgan fingerprint density at radius 3 is 2.85 bits per heavy atom. The van der Waals surface area contributed by atoms with Gasteiger partial charge in [0.25, 0.3) is 0 Å². The molecule has 1 atom stereocenters. The van der Waals surface area contributed by atoms with Gasteiger partial charge in [0, 0.05) is 48.2 Å². The summed E-state index contributed by atoms with van der Waals surface area (Å²) in [7, 11) is 0. The molecule has 4 nitrogen and oxygen atoms in total. The van der Waals surface area contributed by atoms with Crippen LogP contribution in [0.3, 0.4) is 0 Å². The van der Waals surface area contributed by atoms with Crippen LogP contribution in [0.1, 0.15) is 28.4 Å². The summed E-state index contributed by atoms with van der Waals surface area (Å²) in [6, 6.07) is 17.6. The smallest absolute Gasteiger partial charge is 0.123 e. The average Bonchev–Trinajstić information content (AvgIpc) is 2.89. The van der Waals surface area contributed by atoms with Gasteiger partial charge in [-0.15, -0.1) is 0 Å². The van der Waals surface area contributed by atoms with E-state index >= 15 is 0 Å². The van der Waals surface area contributed by atoms with Crippen LogP contribution in [0.2, 0.25) is 5.02 Å². The number of hydrogen-bond acceptors (Lipinski definition) is 4. The number of nitrogens with zero attached hydrogens (tertiary/aromatic N) is 2. The molecule has 0 bridgehead atoms. The Balaban J connectivity index is 1.56. The van der Waals surface area contributed by atoms with Crippen LogP contribution in [-0.2, 0) is 13.1 Å². The van der Waals surface area contributed by atoms with Crippen LogP contribution < -0.4 is 4.74 Å². The van der Waals surface area contributed by atoms with Crippen molar-refractivity contribution in [1.82, 2.24) is 9.88 Å². The Labute approximate surface area is 164 Å². The van der Waals surface area contributed by atoms with Crippen molar-refractivity contribution in [2.24, 2.45) is 0 Å². The molecule has 1 aromatic heterocycles. The number of ether oxygens (including phenoxy) is 1. The van der Waals surface area contributed by atoms with Gasteiger partial charge in [-0.05, 0) is 41.5 Å². The molecular formula is C22H21ClN2O2. The number of rotatable bonds is 4. The van der Waals surface area contributed by atoms with Crippen LogP contribution in [0, 0.1) is 0 Å². The fraction of sp³-hybridized carbons (Fsp3) is 0.227. The van der Waals surface area contributed by atoms with E-state index in [0.717, 1.165) is 47.1 Å². The highest BCUT2D eigenvalue weighted by Crippen LogP contribution is 2.29. The standard InChI is InChI=1S/C22H21ClN2O2/c23-20-5-1-3-16(11-20)14-25-9-10-27-21-7-6-17(12-19(21)15-25)22(26)18-4-2-8-24-13-18/h1-8,11-13,22,26H,9-10,14-15H2. The van der Waals surface area contributed by atoms with E-state index in [1.165, 1.54) is 5.56 Å². The number of aliphatic hydroxyl groups is 1. The first-order valence-electron chi connectivity index (χ1n) is 8.99. The van der Waals surface area contributed by atoms with Crippen LogP contribution in [-0.4, -0.2) is 28.1 Å². The molecule has 0 fully saturated rings. The lowest BCUT2D eigenvalue weighted by Gasteiger charge is -2.20. The first kappa shape index (κ1) is 18.0. The molecule has 0 amide bonds. The largest absolute Gasteiger partial charge is 0.492 e. The second-order valence-corrected chi connectivity index (χ2v) is 7.18. The summed E-state index contributed by atoms with van der Waals surface area (Å²) in [5.74, 6) is 0.880. The highest BCUT2D eigenvalue weighted by molar-refractivity contribution is 6.30. The zero-order valence-corrected chi connectivity index (χ0v) is 15.6. The Morgan fingerprint density at radius 2 is 2.04 bits per heavy atom. The van der Waals surface area contributed by atoms with Gasteiger partial charge in [0.05, 0.1) is 0 Å². The summed E-state index contributed by atoms with van der Waals surface area (Å²) in [5, 5.41) is 11.4. The van der Waals surface area contributed by atoms with E-state index in [4.69, 9.17) is 16.3 Å². The molecule has 2 aromatic carbocycles. The lowest BCUT2D eigenvalue weighted by molar-refractivity contribution is 0.218. The molecule has 0 saturated heterocycles. The minimum atomic E-state index is -0.700. The fourth-order valence-electron chi connectivity index (χ4n) is 3.40. The zero-order chi connectivity index (χ0) is 18.6. The highest BCUT2D eigenvalue weighted by atomic mass is 35.5. The third-order valence-electron chi connectivity index (χ3n) is 4.75. The van der Waals surface area contributed by atoms with E-state index in [9.17, 15) is 5.11 Å². The Kier molecular flexibility index (Phi) is 5.39. The summed E-state index contributed by atoms with van der Waals surface area (Å²) in [4.78, 5) is 6.43. The maximum Gasteiger partial charge on any atom is 0.123 e. The Bertz CT molecular complexity index is 917. The number of aliphatic hydroxyl groups excluding tert-OH is 1. The van der Waals surface area contributed by atoms with E-state index in [-0.39, 0.29) is 0 Å². The molecule has 138 valence electrons. The molecule has 0 saturated carbocycles. The maximum absolute atomic E-state index is 10.7. The average molecular weight is 381 g/mol. The molecule has 1 unspecified atom stereocenters. The van der Waals surface area contributed by atoms with Crippen LogP contribution in [0.15, 0.2) is 67.0 Å². The molecule has 0 spiro atoms. The number of benzene rings is 2. The van der Waals surface area contributed by atoms with Gasteiger partial charge in [0.1, 0.15) is 18.5 Å². The maximum atomic E-state index is 10.7. The van der Waals surface area contributed by atoms with Crippen LogP contribution >= 0.6 is 11.6 Å². The van der Waals surface area contributed by atoms with Gasteiger partial charge in [-0.2, -0.15) is 0 Å². The quantitative estimate of drug-likeness (QED) is 0.736. The van der Waals surface area contributed by atoms with Crippen molar-refractivity contribution in [3.63, 3.8) is 0 Å². The summed E-state index contributed by atoms with van der Waals surface area (Å²) in [6.07, 6.45) is 2.70. The van der Waals surface area contributed by atoms with Crippen molar-refractivity contribution in [1.29, 1.82) is 0 Å². The molecular weight excluding hydrogens is 360 g/mol. The number of halogens is 1. The van der Waals surface area contributed by atoms with Gasteiger partial charge in [-0.1, -0.05) is 35.9 Å². The first-order valence-corrected chi connectivity index (χ1v) is 9.37. The van der Waals surface area contributed by atoms with Crippen LogP contribution in [0.4, 0.5) is 0 Å². The van der Waals surface area contributed by atoms with Crippen molar-refractivity contribution < 1.29 is 9.84 Å². The summed E-state index contributed by atoms with van der Waals surface area (Å²) < 4.78 is 5.92. The van der Waals surface area contributed by atoms with Gasteiger partial charge in [-0.25, -0.2) is 0 Å². The minimum absolute atomic E-state index is 0.637. The molecule has 4 rings (SSSR count). The Morgan fingerprint density at radius 1 is 1.11 bits per heavy atom. The third kappa shape index (κ3) is 4.30. The number of pyridine rings is 1. The van der Waals surface area contributed by atoms with Crippen molar-refractivity contribution in [3.8, 4) is 5.75 Å². The van der Waals surface area contributed by atoms with Crippen molar-refractivity contribution in [3.05, 3.63) is 94.3 Å². The molecule has 1 aliphatic heterocycles. The molecule has 0 aliphatic carbocycles. The van der Waals surface area contributed by atoms with Gasteiger partial charge >= 0.3 is 0 Å². The predicted octanol–water partition coefficient (Wildman–Crippen LogP) is 4.21. The molecule has 5 heteroatoms. The van der Waals surface area contributed by atoms with E-state index in [0.29, 0.717) is 6.61 Å². The second kappa shape index (κ2) is 8.09. The third-order valence-corrected chi connectivity index (χ3v) is 4.99. The normalized spacial score (nSPS) is 15.5. The first-order chi connectivity index (χ1) is 13.2. The molecule has 27 heavy (non-hydrogen) atoms. The number of fused-ring (bicyclic) bond motifs is 1. The van der Waals surface area contributed by atoms with Gasteiger partial charge < -0.3 is 9.84 Å². The molecule has 0 radical (unpaired) electrons. The van der Waals surface area contributed by atoms with Gasteiger partial charge in [0.15, 0.2) is 0 Å². The van der Waals surface area contributed by atoms with Crippen molar-refractivity contribution >= 4 is 11.6 Å². The van der Waals surface area contributed by atoms with E-state index in [1.807, 2.05) is 48.5 Å². The van der Waals surface area contributed by atoms with E-state index < -0.39 is 6.10 Å². The van der Waals surface area contributed by atoms with Crippen molar-refractivity contribution in [2.75, 3.05) is 13.2 Å². The lowest BCUT2D eigenvalue weighted by atomic mass is 10.00. The summed E-state index contributed by atoms with van der Waals surface area (Å²) in [6.45, 7) is 3.04. The molecule has 1 aliphatic rings. The summed E-state index contributed by atoms with van der Waals surface area (Å²) in [5.41, 5.74) is 3.88. The fourth-order valence-corrected chi connectivity index (χ4v) is 3.61. The number of hydrogen-bond donors (Lipinski definition) is 1. The number of aromatic nitrogens is 1. The summed E-state index contributed by atoms with van der Waals surface area (Å²) >= 11 is 6.11. The van der Waals surface area contributed by atoms with E-state index in [2.05, 4.69) is 16.0 Å². The highest BCUT2D eigenvalue weighted by Gasteiger charge is 2.18. The monoisotopic (exact) mass is 380 g/mol. The van der Waals surface area contributed by atoms with Crippen LogP contribution in [0.25, 0.3) is 0 Å². The Hall–Kier alpha value is -2.40. The van der Waals surface area contributed by atoms with E-state index in [1.54, 1.807) is 12.4 Å². The minimum Gasteiger partial charge on any atom is -0.492 e. The van der Waals surface area contributed by atoms with Gasteiger partial charge in [-0.3, -0.25) is 9.88 Å². The lowest BCUT2D eigenvalue weighted by Crippen LogP contribution is -2.25. The molecule has 2 heterocycles. The molecule has 3 aromatic rings. The van der Waals surface area contributed by atoms with Gasteiger partial charge in [0.2, 0.25) is 0 Å². The second-order valence-electron chi connectivity index (χ2n) is 6.75. The predicted molar refractivity (Wildman–Crippen MR) is 106 cm³/mol. The van der Waals surface area contributed by atoms with Crippen molar-refractivity contribution in [2.45, 2.75) is 19.2 Å². The SMILES string of the molecule is OC(c1cccnc1)c1ccc2c(c1)CN(Cc1cccc(Cl)c1)CCO2.